The number of methoxy groups -OCH3 is 1. The van der Waals surface area contributed by atoms with Gasteiger partial charge in [0.05, 0.1) is 12.8 Å². The fourth-order valence-electron chi connectivity index (χ4n) is 1.87. The summed E-state index contributed by atoms with van der Waals surface area (Å²) in [6, 6.07) is 0. The zero-order valence-electron chi connectivity index (χ0n) is 10.9. The van der Waals surface area contributed by atoms with Gasteiger partial charge in [0.1, 0.15) is 0 Å². The molecule has 0 aromatic carbocycles. The third-order valence-electron chi connectivity index (χ3n) is 2.56. The van der Waals surface area contributed by atoms with Crippen molar-refractivity contribution in [2.75, 3.05) is 13.7 Å². The van der Waals surface area contributed by atoms with Crippen molar-refractivity contribution in [1.29, 1.82) is 0 Å². The third-order valence-corrected chi connectivity index (χ3v) is 2.56. The minimum atomic E-state index is -0.0296. The summed E-state index contributed by atoms with van der Waals surface area (Å²) < 4.78 is 7.24. The summed E-state index contributed by atoms with van der Waals surface area (Å²) in [5.41, 5.74) is 2.01. The van der Waals surface area contributed by atoms with Crippen LogP contribution in [0.25, 0.3) is 0 Å². The first-order chi connectivity index (χ1) is 7.45. The molecule has 1 aromatic heterocycles. The van der Waals surface area contributed by atoms with Crippen molar-refractivity contribution in [3.05, 3.63) is 11.3 Å². The molecule has 1 heterocycles. The van der Waals surface area contributed by atoms with Crippen LogP contribution in [0.2, 0.25) is 0 Å². The lowest BCUT2D eigenvalue weighted by Gasteiger charge is -2.17. The molecule has 0 aliphatic carbocycles. The van der Waals surface area contributed by atoms with E-state index in [1.165, 1.54) is 0 Å². The van der Waals surface area contributed by atoms with E-state index in [0.717, 1.165) is 23.7 Å². The Morgan fingerprint density at radius 2 is 2.00 bits per heavy atom. The molecule has 0 bridgehead atoms. The van der Waals surface area contributed by atoms with Gasteiger partial charge in [0, 0.05) is 30.6 Å². The maximum atomic E-state index is 9.12. The zero-order valence-corrected chi connectivity index (χ0v) is 10.9. The van der Waals surface area contributed by atoms with Gasteiger partial charge in [-0.25, -0.2) is 4.68 Å². The lowest BCUT2D eigenvalue weighted by Crippen LogP contribution is -2.15. The number of aryl methyl sites for hydroxylation is 1. The van der Waals surface area contributed by atoms with E-state index in [9.17, 15) is 0 Å². The van der Waals surface area contributed by atoms with Crippen LogP contribution >= 0.6 is 0 Å². The second-order valence-electron chi connectivity index (χ2n) is 4.88. The molecule has 0 aliphatic heterocycles. The maximum absolute atomic E-state index is 9.12. The Morgan fingerprint density at radius 3 is 2.38 bits per heavy atom. The Morgan fingerprint density at radius 1 is 1.38 bits per heavy atom. The smallest absolute Gasteiger partial charge is 0.215 e. The molecule has 16 heavy (non-hydrogen) atoms. The minimum Gasteiger partial charge on any atom is -0.481 e. The second-order valence-corrected chi connectivity index (χ2v) is 4.88. The van der Waals surface area contributed by atoms with Gasteiger partial charge in [-0.1, -0.05) is 20.8 Å². The van der Waals surface area contributed by atoms with E-state index in [-0.39, 0.29) is 12.0 Å². The van der Waals surface area contributed by atoms with Gasteiger partial charge in [-0.3, -0.25) is 0 Å². The average Bonchev–Trinajstić information content (AvgIpc) is 2.56. The zero-order chi connectivity index (χ0) is 12.3. The fourth-order valence-corrected chi connectivity index (χ4v) is 1.87. The van der Waals surface area contributed by atoms with Crippen molar-refractivity contribution < 1.29 is 9.84 Å². The molecule has 0 atom stereocenters. The van der Waals surface area contributed by atoms with Crippen LogP contribution in [0.15, 0.2) is 0 Å². The monoisotopic (exact) mass is 226 g/mol. The highest BCUT2D eigenvalue weighted by molar-refractivity contribution is 5.36. The van der Waals surface area contributed by atoms with Crippen LogP contribution in [-0.4, -0.2) is 28.6 Å². The number of aliphatic hydroxyl groups excluding tert-OH is 1. The van der Waals surface area contributed by atoms with Crippen molar-refractivity contribution in [2.24, 2.45) is 0 Å². The first-order valence-electron chi connectivity index (χ1n) is 5.70. The third kappa shape index (κ3) is 2.38. The van der Waals surface area contributed by atoms with E-state index in [2.05, 4.69) is 25.9 Å². The van der Waals surface area contributed by atoms with Crippen LogP contribution in [0.1, 0.15) is 39.0 Å². The molecule has 92 valence electrons. The van der Waals surface area contributed by atoms with Crippen molar-refractivity contribution in [1.82, 2.24) is 9.78 Å². The highest BCUT2D eigenvalue weighted by Gasteiger charge is 2.26. The Bertz CT molecular complexity index is 351. The maximum Gasteiger partial charge on any atom is 0.215 e. The quantitative estimate of drug-likeness (QED) is 0.850. The molecular formula is C12H22N2O2. The van der Waals surface area contributed by atoms with E-state index >= 15 is 0 Å². The lowest BCUT2D eigenvalue weighted by molar-refractivity contribution is 0.294. The Hall–Kier alpha value is -1.03. The molecule has 0 aliphatic rings. The first-order valence-corrected chi connectivity index (χ1v) is 5.70. The van der Waals surface area contributed by atoms with Gasteiger partial charge >= 0.3 is 0 Å². The largest absolute Gasteiger partial charge is 0.481 e. The minimum absolute atomic E-state index is 0.0296. The highest BCUT2D eigenvalue weighted by atomic mass is 16.5. The van der Waals surface area contributed by atoms with Crippen LogP contribution in [0.3, 0.4) is 0 Å². The molecule has 0 spiro atoms. The summed E-state index contributed by atoms with van der Waals surface area (Å²) in [7, 11) is 1.65. The van der Waals surface area contributed by atoms with Gasteiger partial charge in [-0.2, -0.15) is 5.10 Å². The van der Waals surface area contributed by atoms with Gasteiger partial charge in [0.25, 0.3) is 0 Å². The van der Waals surface area contributed by atoms with Gasteiger partial charge in [0.15, 0.2) is 0 Å². The summed E-state index contributed by atoms with van der Waals surface area (Å²) in [6.45, 7) is 9.29. The number of hydrogen-bond acceptors (Lipinski definition) is 3. The van der Waals surface area contributed by atoms with E-state index in [4.69, 9.17) is 9.84 Å². The van der Waals surface area contributed by atoms with E-state index in [1.807, 2.05) is 11.6 Å². The van der Waals surface area contributed by atoms with Gasteiger partial charge < -0.3 is 9.84 Å². The molecule has 0 unspecified atom stereocenters. The number of aliphatic hydroxyl groups is 1. The number of aromatic nitrogens is 2. The molecule has 0 saturated carbocycles. The molecule has 0 fully saturated rings. The summed E-state index contributed by atoms with van der Waals surface area (Å²) in [5.74, 6) is 0.779. The van der Waals surface area contributed by atoms with E-state index in [0.29, 0.717) is 6.42 Å². The van der Waals surface area contributed by atoms with Crippen LogP contribution in [0, 0.1) is 0 Å². The highest BCUT2D eigenvalue weighted by Crippen LogP contribution is 2.31. The molecule has 4 nitrogen and oxygen atoms in total. The molecule has 0 radical (unpaired) electrons. The van der Waals surface area contributed by atoms with Gasteiger partial charge in [0.2, 0.25) is 5.88 Å². The summed E-state index contributed by atoms with van der Waals surface area (Å²) >= 11 is 0. The van der Waals surface area contributed by atoms with Crippen LogP contribution in [0.5, 0.6) is 5.88 Å². The molecule has 0 amide bonds. The normalized spacial score (nSPS) is 11.9. The summed E-state index contributed by atoms with van der Waals surface area (Å²) in [6.07, 6.45) is 0.593. The Balaban J connectivity index is 3.31. The van der Waals surface area contributed by atoms with Crippen LogP contribution in [0.4, 0.5) is 0 Å². The summed E-state index contributed by atoms with van der Waals surface area (Å²) in [5, 5.41) is 13.7. The second kappa shape index (κ2) is 4.87. The topological polar surface area (TPSA) is 47.3 Å². The van der Waals surface area contributed by atoms with Crippen molar-refractivity contribution in [3.63, 3.8) is 0 Å². The molecule has 1 N–H and O–H groups in total. The first kappa shape index (κ1) is 13.0. The Kier molecular flexibility index (Phi) is 3.97. The standard InChI is InChI=1S/C12H22N2O2/c1-6-14-11(16-5)9(7-8-15)10(13-14)12(2,3)4/h15H,6-8H2,1-5H3. The summed E-state index contributed by atoms with van der Waals surface area (Å²) in [4.78, 5) is 0. The predicted octanol–water partition coefficient (Wildman–Crippen LogP) is 1.74. The number of rotatable bonds is 4. The fraction of sp³-hybridized carbons (Fsp3) is 0.750. The SMILES string of the molecule is CCn1nc(C(C)(C)C)c(CCO)c1OC. The number of hydrogen-bond donors (Lipinski definition) is 1. The lowest BCUT2D eigenvalue weighted by atomic mass is 9.88. The van der Waals surface area contributed by atoms with Crippen LogP contribution in [-0.2, 0) is 18.4 Å². The van der Waals surface area contributed by atoms with Gasteiger partial charge in [-0.05, 0) is 6.92 Å². The van der Waals surface area contributed by atoms with Crippen molar-refractivity contribution in [2.45, 2.75) is 46.1 Å². The van der Waals surface area contributed by atoms with Crippen molar-refractivity contribution >= 4 is 0 Å². The van der Waals surface area contributed by atoms with E-state index < -0.39 is 0 Å². The number of nitrogens with zero attached hydrogens (tertiary/aromatic N) is 2. The van der Waals surface area contributed by atoms with E-state index in [1.54, 1.807) is 7.11 Å². The van der Waals surface area contributed by atoms with Crippen molar-refractivity contribution in [3.8, 4) is 5.88 Å². The Labute approximate surface area is 97.2 Å². The molecule has 1 aromatic rings. The molecule has 4 heteroatoms. The van der Waals surface area contributed by atoms with Gasteiger partial charge in [-0.15, -0.1) is 0 Å². The number of ether oxygens (including phenoxy) is 1. The molecule has 0 saturated heterocycles. The average molecular weight is 226 g/mol. The molecular weight excluding hydrogens is 204 g/mol. The molecule has 1 rings (SSSR count). The van der Waals surface area contributed by atoms with Crippen LogP contribution < -0.4 is 4.74 Å². The predicted molar refractivity (Wildman–Crippen MR) is 63.9 cm³/mol.